The molecule has 0 radical (unpaired) electrons. The molecule has 0 amide bonds. The largest absolute Gasteiger partial charge is 0.381 e. The highest BCUT2D eigenvalue weighted by molar-refractivity contribution is 7.99. The Morgan fingerprint density at radius 3 is 2.91 bits per heavy atom. The summed E-state index contributed by atoms with van der Waals surface area (Å²) in [4.78, 5) is 5.82. The molecule has 2 aromatic rings. The number of benzene rings is 1. The number of aryl methyl sites for hydroxylation is 1. The van der Waals surface area contributed by atoms with Gasteiger partial charge in [-0.2, -0.15) is 5.26 Å². The van der Waals surface area contributed by atoms with Crippen molar-refractivity contribution in [2.45, 2.75) is 44.6 Å². The lowest BCUT2D eigenvalue weighted by Crippen LogP contribution is -2.18. The van der Waals surface area contributed by atoms with Crippen LogP contribution in [0.15, 0.2) is 23.2 Å². The van der Waals surface area contributed by atoms with Crippen molar-refractivity contribution in [1.82, 2.24) is 4.98 Å². The second kappa shape index (κ2) is 6.18. The molecule has 1 aliphatic rings. The normalized spacial score (nSPS) is 14.9. The average molecular weight is 311 g/mol. The number of anilines is 1. The summed E-state index contributed by atoms with van der Waals surface area (Å²) in [5, 5.41) is 14.2. The van der Waals surface area contributed by atoms with Gasteiger partial charge in [0.25, 0.3) is 0 Å². The number of pyridine rings is 1. The standard InChI is InChI=1S/C18H21N3S/c1-11(2)8-12(3)21-18-13(9-19)10-20-15-4-5-16-14(17(15)18)6-7-22-16/h4-5,10-12H,6-8H2,1-3H3,(H,20,21). The Balaban J connectivity index is 2.13. The number of hydrogen-bond acceptors (Lipinski definition) is 4. The van der Waals surface area contributed by atoms with Crippen LogP contribution in [0.4, 0.5) is 5.69 Å². The fourth-order valence-electron chi connectivity index (χ4n) is 3.23. The fourth-order valence-corrected chi connectivity index (χ4v) is 4.30. The Labute approximate surface area is 136 Å². The van der Waals surface area contributed by atoms with Gasteiger partial charge in [0.2, 0.25) is 0 Å². The van der Waals surface area contributed by atoms with Crippen LogP contribution in [0.3, 0.4) is 0 Å². The Kier molecular flexibility index (Phi) is 4.26. The predicted octanol–water partition coefficient (Wildman–Crippen LogP) is 4.60. The molecule has 0 fully saturated rings. The summed E-state index contributed by atoms with van der Waals surface area (Å²) in [6.07, 6.45) is 3.83. The zero-order valence-corrected chi connectivity index (χ0v) is 14.1. The monoisotopic (exact) mass is 311 g/mol. The Bertz CT molecular complexity index is 746. The molecular formula is C18H21N3S. The Morgan fingerprint density at radius 1 is 1.36 bits per heavy atom. The van der Waals surface area contributed by atoms with E-state index in [2.05, 4.69) is 49.3 Å². The SMILES string of the molecule is CC(C)CC(C)Nc1c(C#N)cnc2ccc3c(c12)CCS3. The minimum Gasteiger partial charge on any atom is -0.381 e. The third-order valence-electron chi connectivity index (χ3n) is 4.05. The van der Waals surface area contributed by atoms with Gasteiger partial charge in [-0.3, -0.25) is 4.98 Å². The first-order valence-corrected chi connectivity index (χ1v) is 8.82. The van der Waals surface area contributed by atoms with Gasteiger partial charge >= 0.3 is 0 Å². The number of nitrogens with zero attached hydrogens (tertiary/aromatic N) is 2. The van der Waals surface area contributed by atoms with E-state index in [4.69, 9.17) is 0 Å². The minimum atomic E-state index is 0.336. The minimum absolute atomic E-state index is 0.336. The molecule has 0 aliphatic carbocycles. The van der Waals surface area contributed by atoms with Crippen molar-refractivity contribution in [2.24, 2.45) is 5.92 Å². The molecule has 0 spiro atoms. The second-order valence-electron chi connectivity index (χ2n) is 6.37. The van der Waals surface area contributed by atoms with Crippen LogP contribution in [0.1, 0.15) is 38.3 Å². The van der Waals surface area contributed by atoms with Gasteiger partial charge in [0, 0.05) is 28.3 Å². The molecule has 4 heteroatoms. The van der Waals surface area contributed by atoms with Gasteiger partial charge in [-0.25, -0.2) is 0 Å². The molecule has 0 saturated carbocycles. The van der Waals surface area contributed by atoms with Gasteiger partial charge in [-0.05, 0) is 43.4 Å². The van der Waals surface area contributed by atoms with Crippen LogP contribution >= 0.6 is 11.8 Å². The quantitative estimate of drug-likeness (QED) is 0.896. The molecule has 1 aromatic heterocycles. The van der Waals surface area contributed by atoms with Gasteiger partial charge in [-0.15, -0.1) is 11.8 Å². The Hall–Kier alpha value is -1.73. The molecule has 1 unspecified atom stereocenters. The van der Waals surface area contributed by atoms with Crippen LogP contribution in [0.5, 0.6) is 0 Å². The predicted molar refractivity (Wildman–Crippen MR) is 93.4 cm³/mol. The summed E-state index contributed by atoms with van der Waals surface area (Å²) in [5.74, 6) is 1.74. The third kappa shape index (κ3) is 2.78. The summed E-state index contributed by atoms with van der Waals surface area (Å²) < 4.78 is 0. The summed E-state index contributed by atoms with van der Waals surface area (Å²) in [6.45, 7) is 6.64. The molecule has 1 atom stereocenters. The lowest BCUT2D eigenvalue weighted by Gasteiger charge is -2.20. The van der Waals surface area contributed by atoms with Crippen LogP contribution < -0.4 is 5.32 Å². The zero-order valence-electron chi connectivity index (χ0n) is 13.3. The van der Waals surface area contributed by atoms with E-state index in [-0.39, 0.29) is 0 Å². The molecule has 22 heavy (non-hydrogen) atoms. The first-order chi connectivity index (χ1) is 10.6. The maximum Gasteiger partial charge on any atom is 0.103 e. The van der Waals surface area contributed by atoms with Gasteiger partial charge in [-0.1, -0.05) is 13.8 Å². The van der Waals surface area contributed by atoms with Crippen molar-refractivity contribution in [3.05, 3.63) is 29.5 Å². The molecule has 1 aromatic carbocycles. The molecular weight excluding hydrogens is 290 g/mol. The smallest absolute Gasteiger partial charge is 0.103 e. The van der Waals surface area contributed by atoms with Gasteiger partial charge < -0.3 is 5.32 Å². The van der Waals surface area contributed by atoms with Crippen molar-refractivity contribution in [3.8, 4) is 6.07 Å². The van der Waals surface area contributed by atoms with Crippen LogP contribution in [0.2, 0.25) is 0 Å². The number of fused-ring (bicyclic) bond motifs is 3. The van der Waals surface area contributed by atoms with Crippen molar-refractivity contribution >= 4 is 28.4 Å². The van der Waals surface area contributed by atoms with Crippen molar-refractivity contribution in [3.63, 3.8) is 0 Å². The highest BCUT2D eigenvalue weighted by Gasteiger charge is 2.20. The maximum atomic E-state index is 9.49. The summed E-state index contributed by atoms with van der Waals surface area (Å²) >= 11 is 1.90. The number of hydrogen-bond donors (Lipinski definition) is 1. The van der Waals surface area contributed by atoms with Crippen LogP contribution in [-0.2, 0) is 6.42 Å². The molecule has 1 N–H and O–H groups in total. The number of nitrogens with one attached hydrogen (secondary N) is 1. The first-order valence-electron chi connectivity index (χ1n) is 7.84. The molecule has 114 valence electrons. The number of nitriles is 1. The summed E-state index contributed by atoms with van der Waals surface area (Å²) in [7, 11) is 0. The van der Waals surface area contributed by atoms with E-state index >= 15 is 0 Å². The second-order valence-corrected chi connectivity index (χ2v) is 7.51. The van der Waals surface area contributed by atoms with Gasteiger partial charge in [0.05, 0.1) is 16.8 Å². The van der Waals surface area contributed by atoms with Crippen LogP contribution in [0, 0.1) is 17.2 Å². The lowest BCUT2D eigenvalue weighted by atomic mass is 10.00. The summed E-state index contributed by atoms with van der Waals surface area (Å²) in [6, 6.07) is 6.88. The fraction of sp³-hybridized carbons (Fsp3) is 0.444. The highest BCUT2D eigenvalue weighted by Crippen LogP contribution is 2.40. The lowest BCUT2D eigenvalue weighted by molar-refractivity contribution is 0.540. The van der Waals surface area contributed by atoms with Gasteiger partial charge in [0.15, 0.2) is 0 Å². The van der Waals surface area contributed by atoms with E-state index in [0.29, 0.717) is 17.5 Å². The summed E-state index contributed by atoms with van der Waals surface area (Å²) in [5.41, 5.74) is 3.96. The average Bonchev–Trinajstić information content (AvgIpc) is 2.94. The van der Waals surface area contributed by atoms with Crippen LogP contribution in [-0.4, -0.2) is 16.8 Å². The van der Waals surface area contributed by atoms with Gasteiger partial charge in [0.1, 0.15) is 6.07 Å². The molecule has 1 aliphatic heterocycles. The Morgan fingerprint density at radius 2 is 2.18 bits per heavy atom. The van der Waals surface area contributed by atoms with Crippen molar-refractivity contribution in [1.29, 1.82) is 5.26 Å². The molecule has 3 rings (SSSR count). The van der Waals surface area contributed by atoms with Crippen LogP contribution in [0.25, 0.3) is 10.9 Å². The molecule has 0 saturated heterocycles. The van der Waals surface area contributed by atoms with E-state index in [0.717, 1.165) is 35.2 Å². The number of thioether (sulfide) groups is 1. The first kappa shape index (κ1) is 15.2. The third-order valence-corrected chi connectivity index (χ3v) is 5.15. The molecule has 3 nitrogen and oxygen atoms in total. The van der Waals surface area contributed by atoms with E-state index in [1.807, 2.05) is 11.8 Å². The molecule has 2 heterocycles. The van der Waals surface area contributed by atoms with E-state index in [9.17, 15) is 5.26 Å². The van der Waals surface area contributed by atoms with Crippen molar-refractivity contribution in [2.75, 3.05) is 11.1 Å². The topological polar surface area (TPSA) is 48.7 Å². The number of rotatable bonds is 4. The van der Waals surface area contributed by atoms with E-state index in [1.165, 1.54) is 10.5 Å². The maximum absolute atomic E-state index is 9.49. The van der Waals surface area contributed by atoms with Crippen molar-refractivity contribution < 1.29 is 0 Å². The number of aromatic nitrogens is 1. The zero-order chi connectivity index (χ0) is 15.7. The van der Waals surface area contributed by atoms with E-state index < -0.39 is 0 Å². The highest BCUT2D eigenvalue weighted by atomic mass is 32.2. The van der Waals surface area contributed by atoms with E-state index in [1.54, 1.807) is 6.20 Å². The molecule has 0 bridgehead atoms.